The summed E-state index contributed by atoms with van der Waals surface area (Å²) in [7, 11) is 1.33. The van der Waals surface area contributed by atoms with Gasteiger partial charge in [0.05, 0.1) is 25.0 Å². The number of nitrogens with zero attached hydrogens (tertiary/aromatic N) is 2. The van der Waals surface area contributed by atoms with Gasteiger partial charge in [0.25, 0.3) is 0 Å². The summed E-state index contributed by atoms with van der Waals surface area (Å²) in [5, 5.41) is 5.17. The van der Waals surface area contributed by atoms with Crippen LogP contribution in [0, 0.1) is 17.8 Å². The number of fused-ring (bicyclic) bond motifs is 6. The molecule has 1 saturated carbocycles. The lowest BCUT2D eigenvalue weighted by molar-refractivity contribution is -0.134. The van der Waals surface area contributed by atoms with E-state index < -0.39 is 12.1 Å². The van der Waals surface area contributed by atoms with Crippen LogP contribution in [-0.4, -0.2) is 52.6 Å². The number of likely N-dealkylation sites (tertiary alicyclic amines) is 1. The van der Waals surface area contributed by atoms with E-state index in [0.29, 0.717) is 25.0 Å². The standard InChI is InChI=1S/C41H46N4O4/c1-22(2)38(44-41(47)48-5)40(46)45-20-24(4)13-36(45)29-14-25-8-9-26-16-34-31-11-10-27(35-19-42-39(43-35)28-7-6-23(3)12-28)15-30(31)21-49-37(34)18-33(26)32(25)17-29/h8-11,14-16,18-19,22-24,28,36,38H,6-7,12-13,17,20-21H2,1-5H3,(H,42,43)(H,44,47)/t23-,24+,28+,36+,38+/m1/s1. The van der Waals surface area contributed by atoms with Crippen LogP contribution >= 0.6 is 0 Å². The van der Waals surface area contributed by atoms with Gasteiger partial charge in [-0.2, -0.15) is 0 Å². The number of hydrogen-bond donors (Lipinski definition) is 2. The smallest absolute Gasteiger partial charge is 0.407 e. The first kappa shape index (κ1) is 31.7. The Balaban J connectivity index is 1.05. The van der Waals surface area contributed by atoms with Gasteiger partial charge in [-0.05, 0) is 112 Å². The van der Waals surface area contributed by atoms with Crippen LogP contribution in [0.3, 0.4) is 0 Å². The van der Waals surface area contributed by atoms with Gasteiger partial charge in [0, 0.05) is 18.0 Å². The molecule has 8 heteroatoms. The molecule has 2 aliphatic heterocycles. The molecule has 0 unspecified atom stereocenters. The minimum absolute atomic E-state index is 0.00623. The largest absolute Gasteiger partial charge is 0.488 e. The second-order valence-electron chi connectivity index (χ2n) is 15.3. The number of carbonyl (C=O) groups excluding carboxylic acids is 2. The molecule has 3 aromatic carbocycles. The van der Waals surface area contributed by atoms with Crippen molar-refractivity contribution in [1.82, 2.24) is 20.2 Å². The van der Waals surface area contributed by atoms with Crippen LogP contribution in [0.1, 0.15) is 81.8 Å². The fourth-order valence-electron chi connectivity index (χ4n) is 8.73. The molecule has 5 atom stereocenters. The number of amides is 2. The summed E-state index contributed by atoms with van der Waals surface area (Å²) in [6, 6.07) is 15.0. The lowest BCUT2D eigenvalue weighted by Crippen LogP contribution is -2.52. The number of carbonyl (C=O) groups is 2. The molecule has 2 aliphatic carbocycles. The van der Waals surface area contributed by atoms with E-state index in [1.807, 2.05) is 24.9 Å². The summed E-state index contributed by atoms with van der Waals surface area (Å²) < 4.78 is 11.3. The van der Waals surface area contributed by atoms with E-state index in [4.69, 9.17) is 14.5 Å². The Labute approximate surface area is 288 Å². The van der Waals surface area contributed by atoms with Crippen molar-refractivity contribution in [1.29, 1.82) is 0 Å². The fourth-order valence-corrected chi connectivity index (χ4v) is 8.73. The third kappa shape index (κ3) is 5.69. The van der Waals surface area contributed by atoms with Gasteiger partial charge < -0.3 is 24.7 Å². The highest BCUT2D eigenvalue weighted by Crippen LogP contribution is 2.45. The number of alkyl carbamates (subject to hydrolysis) is 1. The summed E-state index contributed by atoms with van der Waals surface area (Å²) >= 11 is 0. The van der Waals surface area contributed by atoms with Crippen LogP contribution in [0.25, 0.3) is 39.2 Å². The van der Waals surface area contributed by atoms with E-state index in [0.717, 1.165) is 47.2 Å². The highest BCUT2D eigenvalue weighted by molar-refractivity contribution is 5.97. The third-order valence-electron chi connectivity index (χ3n) is 11.4. The lowest BCUT2D eigenvalue weighted by atomic mass is 9.90. The Kier molecular flexibility index (Phi) is 8.00. The number of aromatic amines is 1. The Morgan fingerprint density at radius 2 is 1.90 bits per heavy atom. The average Bonchev–Trinajstić information content (AvgIpc) is 3.91. The van der Waals surface area contributed by atoms with Crippen molar-refractivity contribution in [2.75, 3.05) is 13.7 Å². The minimum atomic E-state index is -0.633. The molecule has 8 nitrogen and oxygen atoms in total. The van der Waals surface area contributed by atoms with Crippen molar-refractivity contribution < 1.29 is 19.1 Å². The molecule has 4 aromatic rings. The van der Waals surface area contributed by atoms with E-state index in [1.165, 1.54) is 65.0 Å². The predicted octanol–water partition coefficient (Wildman–Crippen LogP) is 8.25. The topological polar surface area (TPSA) is 96.6 Å². The highest BCUT2D eigenvalue weighted by atomic mass is 16.5. The Morgan fingerprint density at radius 3 is 2.67 bits per heavy atom. The van der Waals surface area contributed by atoms with Gasteiger partial charge in [-0.25, -0.2) is 9.78 Å². The molecular formula is C41H46N4O4. The lowest BCUT2D eigenvalue weighted by Gasteiger charge is -2.31. The molecule has 1 saturated heterocycles. The van der Waals surface area contributed by atoms with Crippen LogP contribution in [0.5, 0.6) is 5.75 Å². The van der Waals surface area contributed by atoms with Gasteiger partial charge in [-0.15, -0.1) is 0 Å². The zero-order valence-electron chi connectivity index (χ0n) is 29.1. The van der Waals surface area contributed by atoms with E-state index in [-0.39, 0.29) is 17.9 Å². The first-order chi connectivity index (χ1) is 23.7. The summed E-state index contributed by atoms with van der Waals surface area (Å²) in [5.74, 6) is 3.60. The Morgan fingerprint density at radius 1 is 1.04 bits per heavy atom. The molecule has 4 aliphatic rings. The molecule has 2 N–H and O–H groups in total. The number of ether oxygens (including phenoxy) is 2. The van der Waals surface area contributed by atoms with Gasteiger partial charge in [0.1, 0.15) is 24.2 Å². The monoisotopic (exact) mass is 658 g/mol. The maximum absolute atomic E-state index is 13.9. The van der Waals surface area contributed by atoms with Crippen molar-refractivity contribution in [3.8, 4) is 28.1 Å². The van der Waals surface area contributed by atoms with Crippen molar-refractivity contribution in [2.24, 2.45) is 17.8 Å². The Bertz CT molecular complexity index is 1990. The predicted molar refractivity (Wildman–Crippen MR) is 192 cm³/mol. The van der Waals surface area contributed by atoms with Gasteiger partial charge in [0.2, 0.25) is 5.91 Å². The molecule has 0 radical (unpaired) electrons. The van der Waals surface area contributed by atoms with Crippen LogP contribution in [0.2, 0.25) is 0 Å². The highest BCUT2D eigenvalue weighted by Gasteiger charge is 2.40. The first-order valence-electron chi connectivity index (χ1n) is 17.9. The summed E-state index contributed by atoms with van der Waals surface area (Å²) in [5.41, 5.74) is 9.46. The number of H-pyrrole nitrogens is 1. The van der Waals surface area contributed by atoms with E-state index >= 15 is 0 Å². The Hall–Kier alpha value is -4.59. The number of aromatic nitrogens is 2. The molecule has 2 amide bonds. The van der Waals surface area contributed by atoms with Crippen LogP contribution in [0.4, 0.5) is 4.79 Å². The van der Waals surface area contributed by atoms with E-state index in [9.17, 15) is 9.59 Å². The SMILES string of the molecule is COC(=O)N[C@H](C(=O)N1C[C@@H](C)C[C@H]1C1=Cc2ccc3cc4c(cc3c2C1)OCc1cc(-c2cnc([C@H]3CC[C@@H](C)C3)[nH]2)ccc1-4)C(C)C. The van der Waals surface area contributed by atoms with Crippen LogP contribution in [-0.2, 0) is 22.6 Å². The third-order valence-corrected chi connectivity index (χ3v) is 11.4. The quantitative estimate of drug-likeness (QED) is 0.218. The molecule has 254 valence electrons. The van der Waals surface area contributed by atoms with Crippen molar-refractivity contribution in [2.45, 2.75) is 84.4 Å². The van der Waals surface area contributed by atoms with Gasteiger partial charge in [0.15, 0.2) is 0 Å². The number of methoxy groups -OCH3 is 1. The van der Waals surface area contributed by atoms with Crippen molar-refractivity contribution >= 4 is 28.8 Å². The molecule has 0 spiro atoms. The normalized spacial score (nSPS) is 23.1. The molecular weight excluding hydrogens is 612 g/mol. The van der Waals surface area contributed by atoms with E-state index in [1.54, 1.807) is 0 Å². The fraction of sp³-hybridized carbons (Fsp3) is 0.439. The first-order valence-corrected chi connectivity index (χ1v) is 17.9. The van der Waals surface area contributed by atoms with Gasteiger partial charge in [-0.1, -0.05) is 58.0 Å². The average molecular weight is 659 g/mol. The molecule has 49 heavy (non-hydrogen) atoms. The summed E-state index contributed by atoms with van der Waals surface area (Å²) in [6.45, 7) is 9.64. The van der Waals surface area contributed by atoms with Crippen molar-refractivity contribution in [3.05, 3.63) is 76.7 Å². The minimum Gasteiger partial charge on any atom is -0.488 e. The zero-order chi connectivity index (χ0) is 34.0. The molecule has 1 aromatic heterocycles. The summed E-state index contributed by atoms with van der Waals surface area (Å²) in [6.07, 6.45) is 9.08. The number of imidazole rings is 1. The molecule has 0 bridgehead atoms. The summed E-state index contributed by atoms with van der Waals surface area (Å²) in [4.78, 5) is 36.3. The number of hydrogen-bond acceptors (Lipinski definition) is 5. The van der Waals surface area contributed by atoms with Crippen molar-refractivity contribution in [3.63, 3.8) is 0 Å². The number of benzene rings is 3. The zero-order valence-corrected chi connectivity index (χ0v) is 29.1. The second kappa shape index (κ2) is 12.4. The van der Waals surface area contributed by atoms with E-state index in [2.05, 4.69) is 72.7 Å². The molecule has 3 heterocycles. The van der Waals surface area contributed by atoms with Gasteiger partial charge in [-0.3, -0.25) is 4.79 Å². The number of rotatable bonds is 6. The maximum Gasteiger partial charge on any atom is 0.407 e. The van der Waals surface area contributed by atoms with Crippen LogP contribution < -0.4 is 10.1 Å². The number of nitrogens with one attached hydrogen (secondary N) is 2. The molecule has 8 rings (SSSR count). The van der Waals surface area contributed by atoms with Gasteiger partial charge >= 0.3 is 6.09 Å². The molecule has 2 fully saturated rings. The second-order valence-corrected chi connectivity index (χ2v) is 15.3. The maximum atomic E-state index is 13.9. The van der Waals surface area contributed by atoms with Crippen LogP contribution in [0.15, 0.2) is 54.2 Å².